The molecule has 36 nitrogen and oxygen atoms in total. The molecule has 588 valence electrons. The molecule has 0 aromatic heterocycles. The minimum absolute atomic E-state index is 0.0367. The minimum Gasteiger partial charge on any atom is -0.508 e. The van der Waals surface area contributed by atoms with E-state index in [9.17, 15) is 80.5 Å². The quantitative estimate of drug-likeness (QED) is 0.0556. The number of primary amides is 1. The van der Waals surface area contributed by atoms with Crippen LogP contribution in [0.4, 0.5) is 0 Å². The Bertz CT molecular complexity index is 4250. The van der Waals surface area contributed by atoms with Crippen LogP contribution in [0.5, 0.6) is 46.0 Å². The van der Waals surface area contributed by atoms with Gasteiger partial charge in [-0.2, -0.15) is 0 Å². The number of aromatic hydroxyl groups is 3. The normalized spacial score (nSPS) is 32.4. The van der Waals surface area contributed by atoms with Crippen LogP contribution in [0, 0.1) is 11.8 Å². The third kappa shape index (κ3) is 17.1. The number of aliphatic hydroxyl groups excluding tert-OH is 8. The van der Waals surface area contributed by atoms with Crippen LogP contribution in [0.2, 0.25) is 0 Å². The van der Waals surface area contributed by atoms with E-state index in [1.54, 1.807) is 0 Å². The molecule has 0 radical (unpaired) electrons. The van der Waals surface area contributed by atoms with Gasteiger partial charge in [-0.25, -0.2) is 4.79 Å². The molecular formula is C73H89N9O27. The van der Waals surface area contributed by atoms with Crippen LogP contribution in [0.1, 0.15) is 118 Å². The first-order valence-electron chi connectivity index (χ1n) is 35.1. The second kappa shape index (κ2) is 32.7. The van der Waals surface area contributed by atoms with Gasteiger partial charge >= 0.3 is 5.97 Å². The van der Waals surface area contributed by atoms with Gasteiger partial charge in [0.05, 0.1) is 36.9 Å². The van der Waals surface area contributed by atoms with Gasteiger partial charge in [-0.1, -0.05) is 44.2 Å². The zero-order valence-electron chi connectivity index (χ0n) is 59.6. The first-order valence-corrected chi connectivity index (χ1v) is 35.1. The Balaban J connectivity index is 1.17. The fraction of sp³-hybridized carbons (Fsp3) is 0.479. The van der Waals surface area contributed by atoms with Crippen molar-refractivity contribution in [2.45, 2.75) is 194 Å². The average Bonchev–Trinajstić information content (AvgIpc) is 0.768. The van der Waals surface area contributed by atoms with E-state index in [-0.39, 0.29) is 46.9 Å². The van der Waals surface area contributed by atoms with Gasteiger partial charge in [0.2, 0.25) is 47.1 Å². The van der Waals surface area contributed by atoms with E-state index in [2.05, 4.69) is 37.2 Å². The van der Waals surface area contributed by atoms with Gasteiger partial charge in [0.1, 0.15) is 108 Å². The van der Waals surface area contributed by atoms with E-state index in [4.69, 9.17) is 44.6 Å². The number of fused-ring (bicyclic) bond motifs is 15. The molecule has 11 bridgehead atoms. The molecule has 36 heteroatoms. The second-order valence-corrected chi connectivity index (χ2v) is 28.8. The molecule has 13 rings (SSSR count). The van der Waals surface area contributed by atoms with Crippen LogP contribution in [-0.4, -0.2) is 226 Å². The number of carbonyl (C=O) groups is 8. The molecular weight excluding hydrogens is 1430 g/mol. The molecule has 7 amide bonds. The summed E-state index contributed by atoms with van der Waals surface area (Å²) in [6.07, 6.45) is -25.2. The number of aliphatic hydroxyl groups is 8. The fourth-order valence-corrected chi connectivity index (χ4v) is 14.3. The number of aliphatic carboxylic acids is 1. The summed E-state index contributed by atoms with van der Waals surface area (Å²) in [5, 5.41) is 154. The number of nitrogens with two attached hydrogens (primary N) is 2. The van der Waals surface area contributed by atoms with Gasteiger partial charge in [-0.3, -0.25) is 33.6 Å². The van der Waals surface area contributed by atoms with Crippen LogP contribution in [0.3, 0.4) is 0 Å². The highest BCUT2D eigenvalue weighted by Gasteiger charge is 2.52. The average molecular weight is 1520 g/mol. The molecule has 7 aliphatic heterocycles. The summed E-state index contributed by atoms with van der Waals surface area (Å²) in [6, 6.07) is 3.34. The monoisotopic (exact) mass is 1520 g/mol. The van der Waals surface area contributed by atoms with Crippen molar-refractivity contribution in [3.05, 3.63) is 119 Å². The van der Waals surface area contributed by atoms with E-state index in [0.717, 1.165) is 42.5 Å². The van der Waals surface area contributed by atoms with Crippen molar-refractivity contribution >= 4 is 47.3 Å². The zero-order chi connectivity index (χ0) is 79.1. The molecule has 0 spiro atoms. The van der Waals surface area contributed by atoms with E-state index < -0.39 is 263 Å². The Morgan fingerprint density at radius 3 is 1.89 bits per heavy atom. The van der Waals surface area contributed by atoms with Crippen molar-refractivity contribution in [3.63, 3.8) is 0 Å². The number of phenols is 3. The molecule has 5 aromatic rings. The molecule has 3 fully saturated rings. The van der Waals surface area contributed by atoms with Crippen molar-refractivity contribution in [3.8, 4) is 57.1 Å². The van der Waals surface area contributed by atoms with Gasteiger partial charge in [0.15, 0.2) is 30.1 Å². The lowest BCUT2D eigenvalue weighted by Gasteiger charge is -2.46. The Morgan fingerprint density at radius 2 is 1.28 bits per heavy atom. The van der Waals surface area contributed by atoms with Crippen molar-refractivity contribution < 1.29 is 133 Å². The molecule has 5 aromatic carbocycles. The first-order chi connectivity index (χ1) is 51.5. The third-order valence-electron chi connectivity index (χ3n) is 20.2. The van der Waals surface area contributed by atoms with Crippen molar-refractivity contribution in [2.75, 3.05) is 13.7 Å². The topological polar surface area (TPSA) is 580 Å². The summed E-state index contributed by atoms with van der Waals surface area (Å²) in [5.41, 5.74) is 8.58. The highest BCUT2D eigenvalue weighted by molar-refractivity contribution is 6.00. The molecule has 8 aliphatic rings. The minimum atomic E-state index is -2.32. The van der Waals surface area contributed by atoms with Crippen LogP contribution in [0.25, 0.3) is 11.1 Å². The SMILES string of the molecule is CNC(CC(C)C)C(=O)NC1C(=O)NC(CC(N)=O)C(=O)NC2C(=O)NC3C(=O)NC(C(=O)NC(C(=O)O)c4cc(O)cc(O)c4-c4cc3ccc4O)C(OC3CC(C)(N)C(O)C(C)O3)c3ccc(cc3)Oc3cc2cc(c3OC2CC(CO)C(O)C(O)C2OC2OC(C)C(O)C(O)C2O)Oc2ccc(cc2)C1O. The number of likely N-dealkylation sites (N-methyl/N-ethyl adjacent to an activating group) is 1. The molecule has 1 saturated carbocycles. The third-order valence-corrected chi connectivity index (χ3v) is 20.2. The molecule has 7 heterocycles. The Kier molecular flexibility index (Phi) is 24.1. The van der Waals surface area contributed by atoms with Gasteiger partial charge in [-0.15, -0.1) is 0 Å². The van der Waals surface area contributed by atoms with Crippen LogP contribution in [-0.2, 0) is 57.3 Å². The summed E-state index contributed by atoms with van der Waals surface area (Å²) in [6.45, 7) is 7.17. The molecule has 23 unspecified atom stereocenters. The van der Waals surface area contributed by atoms with Crippen molar-refractivity contribution in [1.82, 2.24) is 37.2 Å². The van der Waals surface area contributed by atoms with Gasteiger partial charge in [0.25, 0.3) is 0 Å². The maximum absolute atomic E-state index is 16.3. The molecule has 109 heavy (non-hydrogen) atoms. The van der Waals surface area contributed by atoms with Crippen molar-refractivity contribution in [2.24, 2.45) is 23.3 Å². The standard InChI is InChI=1S/C73H89N9O27/c1-27(2)17-40(76-6)65(95)81-53-56(89)30-7-12-36(13-8-30)105-44-19-33-20-45(62(44)107-46-21-34(26-83)57(90)59(92)63(46)109-72-60(93)58(91)55(88)28(3)104-72)106-37-14-9-31(10-15-37)61(108-48-25-73(5,75)64(94)29(4)103-48)54-70(100)80-52(71(101)102)39-22-35(84)23-43(86)49(39)38-18-32(11-16-42(38)85)50(67(97)82-54)79-68(98)51(33)78-66(96)41(24-47(74)87)77-69(53)99/h7-16,18-20,22-23,27-29,34,40-41,46,48,50-61,63-64,72,76,83-86,88-94H,17,21,24-26,75H2,1-6H3,(H2,74,87)(H,77,99)(H,78,96)(H,79,98)(H,80,100)(H,81,95)(H,82,97)(H,101,102). The number of hydrogen-bond donors (Lipinski definition) is 21. The molecule has 23 atom stereocenters. The summed E-state index contributed by atoms with van der Waals surface area (Å²) >= 11 is 0. The summed E-state index contributed by atoms with van der Waals surface area (Å²) in [7, 11) is 1.48. The van der Waals surface area contributed by atoms with E-state index in [0.29, 0.717) is 0 Å². The smallest absolute Gasteiger partial charge is 0.330 e. The lowest BCUT2D eigenvalue weighted by atomic mass is 9.81. The molecule has 1 aliphatic carbocycles. The summed E-state index contributed by atoms with van der Waals surface area (Å²) in [4.78, 5) is 119. The number of benzene rings is 5. The predicted molar refractivity (Wildman–Crippen MR) is 374 cm³/mol. The number of amides is 7. The number of phenolic OH excluding ortho intramolecular Hbond substituents is 3. The van der Waals surface area contributed by atoms with Gasteiger partial charge in [0, 0.05) is 47.2 Å². The largest absolute Gasteiger partial charge is 0.508 e. The highest BCUT2D eigenvalue weighted by atomic mass is 16.7. The molecule has 23 N–H and O–H groups in total. The van der Waals surface area contributed by atoms with Crippen LogP contribution < -0.4 is 62.9 Å². The summed E-state index contributed by atoms with van der Waals surface area (Å²) < 4.78 is 45.2. The maximum Gasteiger partial charge on any atom is 0.330 e. The number of hydrogen-bond acceptors (Lipinski definition) is 28. The number of nitrogens with one attached hydrogen (secondary N) is 7. The van der Waals surface area contributed by atoms with E-state index in [1.807, 2.05) is 13.8 Å². The van der Waals surface area contributed by atoms with Crippen molar-refractivity contribution in [1.29, 1.82) is 0 Å². The Morgan fingerprint density at radius 1 is 0.670 bits per heavy atom. The number of carboxylic acid groups (broad SMARTS) is 1. The maximum atomic E-state index is 16.3. The number of carboxylic acids is 1. The van der Waals surface area contributed by atoms with E-state index >= 15 is 19.2 Å². The van der Waals surface area contributed by atoms with E-state index in [1.165, 1.54) is 76.3 Å². The van der Waals surface area contributed by atoms with Crippen LogP contribution in [0.15, 0.2) is 91.0 Å². The Hall–Kier alpha value is -9.90. The number of ether oxygens (including phenoxy) is 7. The lowest BCUT2D eigenvalue weighted by Crippen LogP contribution is -2.62. The zero-order valence-corrected chi connectivity index (χ0v) is 59.6. The van der Waals surface area contributed by atoms with Crippen LogP contribution >= 0.6 is 0 Å². The van der Waals surface area contributed by atoms with Gasteiger partial charge in [-0.05, 0) is 123 Å². The Labute approximate surface area is 621 Å². The fourth-order valence-electron chi connectivity index (χ4n) is 14.3. The summed E-state index contributed by atoms with van der Waals surface area (Å²) in [5.74, 6) is -16.2. The second-order valence-electron chi connectivity index (χ2n) is 28.8. The predicted octanol–water partition coefficient (Wildman–Crippen LogP) is -1.69. The molecule has 2 saturated heterocycles. The van der Waals surface area contributed by atoms with Gasteiger partial charge < -0.3 is 143 Å². The first kappa shape index (κ1) is 80.1. The highest BCUT2D eigenvalue weighted by Crippen LogP contribution is 2.49. The number of carbonyl (C=O) groups excluding carboxylic acids is 7. The number of rotatable bonds is 15. The lowest BCUT2D eigenvalue weighted by molar-refractivity contribution is -0.325.